The molecule has 2 aromatic carbocycles. The maximum atomic E-state index is 11.8. The summed E-state index contributed by atoms with van der Waals surface area (Å²) < 4.78 is 10.5. The summed E-state index contributed by atoms with van der Waals surface area (Å²) in [6.07, 6.45) is 1.89. The van der Waals surface area contributed by atoms with Crippen LogP contribution in [-0.2, 0) is 16.1 Å². The van der Waals surface area contributed by atoms with E-state index in [1.54, 1.807) is 5.55 Å². The lowest BCUT2D eigenvalue weighted by Crippen LogP contribution is -2.12. The molecule has 0 saturated carbocycles. The molecule has 120 valence electrons. The molecular weight excluding hydrogens is 310 g/mol. The molecule has 0 bridgehead atoms. The number of carbonyl (C=O) groups is 1. The average molecular weight is 329 g/mol. The van der Waals surface area contributed by atoms with E-state index in [2.05, 4.69) is 4.99 Å². The third-order valence-electron chi connectivity index (χ3n) is 3.18. The standard InChI is InChI=1S/C18H19NO3S/c1-21-18(20)17(19-13-23-2)15-8-10-16(11-9-15)22-12-14-6-4-3-5-7-14/h3-11,13,17H,12H2,1-2H3/t17-/m1/s1. The second kappa shape index (κ2) is 9.00. The number of ether oxygens (including phenoxy) is 2. The van der Waals surface area contributed by atoms with E-state index < -0.39 is 6.04 Å². The molecule has 2 rings (SSSR count). The van der Waals surface area contributed by atoms with E-state index in [9.17, 15) is 4.79 Å². The first kappa shape index (κ1) is 17.1. The van der Waals surface area contributed by atoms with Gasteiger partial charge in [0.25, 0.3) is 0 Å². The summed E-state index contributed by atoms with van der Waals surface area (Å²) in [5.74, 6) is 0.364. The minimum absolute atomic E-state index is 0.381. The first-order valence-corrected chi connectivity index (χ1v) is 8.42. The molecule has 0 spiro atoms. The molecule has 0 unspecified atom stereocenters. The van der Waals surface area contributed by atoms with Gasteiger partial charge in [-0.1, -0.05) is 42.5 Å². The molecule has 0 aliphatic rings. The summed E-state index contributed by atoms with van der Waals surface area (Å²) in [6.45, 7) is 0.505. The van der Waals surface area contributed by atoms with Gasteiger partial charge in [-0.2, -0.15) is 0 Å². The van der Waals surface area contributed by atoms with E-state index >= 15 is 0 Å². The highest BCUT2D eigenvalue weighted by atomic mass is 32.2. The van der Waals surface area contributed by atoms with Gasteiger partial charge in [0.15, 0.2) is 6.04 Å². The van der Waals surface area contributed by atoms with Crippen LogP contribution in [0.25, 0.3) is 0 Å². The third kappa shape index (κ3) is 5.14. The van der Waals surface area contributed by atoms with Gasteiger partial charge in [-0.3, -0.25) is 4.99 Å². The highest BCUT2D eigenvalue weighted by Crippen LogP contribution is 2.22. The number of nitrogens with zero attached hydrogens (tertiary/aromatic N) is 1. The molecule has 0 aromatic heterocycles. The molecule has 1 atom stereocenters. The normalized spacial score (nSPS) is 12.1. The smallest absolute Gasteiger partial charge is 0.335 e. The Kier molecular flexibility index (Phi) is 6.69. The highest BCUT2D eigenvalue weighted by Gasteiger charge is 2.19. The molecule has 0 radical (unpaired) electrons. The Hall–Kier alpha value is -2.27. The minimum Gasteiger partial charge on any atom is -0.489 e. The van der Waals surface area contributed by atoms with Crippen molar-refractivity contribution >= 4 is 23.3 Å². The van der Waals surface area contributed by atoms with E-state index in [0.29, 0.717) is 6.61 Å². The zero-order valence-electron chi connectivity index (χ0n) is 13.1. The molecular formula is C18H19NO3S. The Bertz CT molecular complexity index is 641. The van der Waals surface area contributed by atoms with Crippen LogP contribution in [0.15, 0.2) is 59.6 Å². The number of hydrogen-bond donors (Lipinski definition) is 0. The number of aliphatic imine (C=N–C) groups is 1. The van der Waals surface area contributed by atoms with Crippen LogP contribution < -0.4 is 4.74 Å². The maximum Gasteiger partial charge on any atom is 0.335 e. The lowest BCUT2D eigenvalue weighted by Gasteiger charge is -2.12. The molecule has 0 aliphatic heterocycles. The van der Waals surface area contributed by atoms with Crippen LogP contribution in [0, 0.1) is 0 Å². The zero-order chi connectivity index (χ0) is 16.5. The number of rotatable bonds is 7. The molecule has 5 heteroatoms. The molecule has 2 aromatic rings. The van der Waals surface area contributed by atoms with Gasteiger partial charge in [0.1, 0.15) is 12.4 Å². The Morgan fingerprint density at radius 1 is 1.17 bits per heavy atom. The van der Waals surface area contributed by atoms with Gasteiger partial charge in [-0.25, -0.2) is 4.79 Å². The lowest BCUT2D eigenvalue weighted by molar-refractivity contribution is -0.142. The largest absolute Gasteiger partial charge is 0.489 e. The first-order valence-electron chi connectivity index (χ1n) is 7.13. The van der Waals surface area contributed by atoms with Gasteiger partial charge < -0.3 is 9.47 Å². The Morgan fingerprint density at radius 2 is 1.87 bits per heavy atom. The molecule has 23 heavy (non-hydrogen) atoms. The molecule has 0 heterocycles. The van der Waals surface area contributed by atoms with Crippen LogP contribution in [0.4, 0.5) is 0 Å². The topological polar surface area (TPSA) is 47.9 Å². The number of thioether (sulfide) groups is 1. The second-order valence-electron chi connectivity index (χ2n) is 4.76. The Labute approximate surface area is 140 Å². The molecule has 0 fully saturated rings. The predicted octanol–water partition coefficient (Wildman–Crippen LogP) is 3.87. The third-order valence-corrected chi connectivity index (χ3v) is 3.52. The summed E-state index contributed by atoms with van der Waals surface area (Å²) in [4.78, 5) is 16.1. The van der Waals surface area contributed by atoms with Gasteiger partial charge in [0.2, 0.25) is 0 Å². The van der Waals surface area contributed by atoms with Crippen molar-refractivity contribution in [3.8, 4) is 5.75 Å². The van der Waals surface area contributed by atoms with Crippen LogP contribution in [0.3, 0.4) is 0 Å². The number of benzene rings is 2. The summed E-state index contributed by atoms with van der Waals surface area (Å²) >= 11 is 1.44. The van der Waals surface area contributed by atoms with E-state index in [1.165, 1.54) is 18.9 Å². The highest BCUT2D eigenvalue weighted by molar-refractivity contribution is 8.11. The summed E-state index contributed by atoms with van der Waals surface area (Å²) in [7, 11) is 1.36. The van der Waals surface area contributed by atoms with Gasteiger partial charge in [0, 0.05) is 0 Å². The molecule has 0 saturated heterocycles. The summed E-state index contributed by atoms with van der Waals surface area (Å²) in [5, 5.41) is 0. The summed E-state index contributed by atoms with van der Waals surface area (Å²) in [5.41, 5.74) is 3.52. The molecule has 0 aliphatic carbocycles. The van der Waals surface area contributed by atoms with Gasteiger partial charge in [-0.05, 0) is 29.5 Å². The van der Waals surface area contributed by atoms with Crippen molar-refractivity contribution in [2.45, 2.75) is 12.6 Å². The van der Waals surface area contributed by atoms with Crippen LogP contribution in [-0.4, -0.2) is 24.9 Å². The van der Waals surface area contributed by atoms with Crippen LogP contribution >= 0.6 is 11.8 Å². The maximum absolute atomic E-state index is 11.8. The number of methoxy groups -OCH3 is 1. The summed E-state index contributed by atoms with van der Waals surface area (Å²) in [6, 6.07) is 16.7. The fourth-order valence-corrected chi connectivity index (χ4v) is 2.25. The van der Waals surface area contributed by atoms with Crippen molar-refractivity contribution in [3.63, 3.8) is 0 Å². The average Bonchev–Trinajstić information content (AvgIpc) is 2.62. The van der Waals surface area contributed by atoms with E-state index in [0.717, 1.165) is 16.9 Å². The van der Waals surface area contributed by atoms with Crippen molar-refractivity contribution in [2.24, 2.45) is 4.99 Å². The lowest BCUT2D eigenvalue weighted by atomic mass is 10.1. The number of esters is 1. The van der Waals surface area contributed by atoms with E-state index in [-0.39, 0.29) is 5.97 Å². The van der Waals surface area contributed by atoms with Gasteiger partial charge in [-0.15, -0.1) is 11.8 Å². The van der Waals surface area contributed by atoms with E-state index in [4.69, 9.17) is 9.47 Å². The van der Waals surface area contributed by atoms with Crippen LogP contribution in [0.1, 0.15) is 17.2 Å². The van der Waals surface area contributed by atoms with Crippen molar-refractivity contribution < 1.29 is 14.3 Å². The fraction of sp³-hybridized carbons (Fsp3) is 0.222. The van der Waals surface area contributed by atoms with E-state index in [1.807, 2.05) is 60.9 Å². The second-order valence-corrected chi connectivity index (χ2v) is 5.44. The molecule has 0 N–H and O–H groups in total. The van der Waals surface area contributed by atoms with Crippen LogP contribution in [0.2, 0.25) is 0 Å². The Morgan fingerprint density at radius 3 is 2.48 bits per heavy atom. The van der Waals surface area contributed by atoms with Crippen molar-refractivity contribution in [1.82, 2.24) is 0 Å². The zero-order valence-corrected chi connectivity index (χ0v) is 14.0. The van der Waals surface area contributed by atoms with Gasteiger partial charge in [0.05, 0.1) is 12.7 Å². The molecule has 4 nitrogen and oxygen atoms in total. The van der Waals surface area contributed by atoms with Crippen molar-refractivity contribution in [1.29, 1.82) is 0 Å². The van der Waals surface area contributed by atoms with Crippen LogP contribution in [0.5, 0.6) is 5.75 Å². The number of carbonyl (C=O) groups excluding carboxylic acids is 1. The fourth-order valence-electron chi connectivity index (χ4n) is 2.00. The van der Waals surface area contributed by atoms with Crippen molar-refractivity contribution in [2.75, 3.05) is 13.4 Å². The number of hydrogen-bond acceptors (Lipinski definition) is 5. The SMILES string of the molecule is COC(=O)[C@H](N=CSC)c1ccc(OCc2ccccc2)cc1. The Balaban J connectivity index is 2.05. The first-order chi connectivity index (χ1) is 11.2. The van der Waals surface area contributed by atoms with Gasteiger partial charge >= 0.3 is 5.97 Å². The van der Waals surface area contributed by atoms with Crippen molar-refractivity contribution in [3.05, 3.63) is 65.7 Å². The quantitative estimate of drug-likeness (QED) is 0.439. The minimum atomic E-state index is -0.643. The monoisotopic (exact) mass is 329 g/mol. The molecule has 0 amide bonds. The predicted molar refractivity (Wildman–Crippen MR) is 94.0 cm³/mol.